The fraction of sp³-hybridized carbons (Fsp3) is 0.333. The molecular weight excluding hydrogens is 180 g/mol. The van der Waals surface area contributed by atoms with Crippen molar-refractivity contribution in [3.8, 4) is 0 Å². The molecule has 0 fully saturated rings. The Bertz CT molecular complexity index is 370. The van der Waals surface area contributed by atoms with Gasteiger partial charge >= 0.3 is 0 Å². The number of hydrogen-bond acceptors (Lipinski definition) is 0. The van der Waals surface area contributed by atoms with Gasteiger partial charge in [0, 0.05) is 0 Å². The lowest BCUT2D eigenvalue weighted by molar-refractivity contribution is 0.468. The minimum absolute atomic E-state index is 0.683. The summed E-state index contributed by atoms with van der Waals surface area (Å²) >= 11 is 0. The number of rotatable bonds is 1. The Kier molecular flexibility index (Phi) is 3.05. The summed E-state index contributed by atoms with van der Waals surface area (Å²) in [5, 5.41) is 0. The second-order valence-corrected chi connectivity index (χ2v) is 4.46. The fourth-order valence-electron chi connectivity index (χ4n) is 1.89. The van der Waals surface area contributed by atoms with Gasteiger partial charge in [-0.2, -0.15) is 0 Å². The standard InChI is InChI=1S/C15H18/c1-12-8-10-15(11-9-13(12)2)14-6-4-3-5-7-14/h3-8,10-13H,9H2,1-2H3/t12-,13-/m1/s1. The quantitative estimate of drug-likeness (QED) is 0.631. The predicted molar refractivity (Wildman–Crippen MR) is 66.5 cm³/mol. The Morgan fingerprint density at radius 2 is 1.80 bits per heavy atom. The van der Waals surface area contributed by atoms with Gasteiger partial charge in [-0.3, -0.25) is 0 Å². The molecule has 0 nitrogen and oxygen atoms in total. The second kappa shape index (κ2) is 4.48. The largest absolute Gasteiger partial charge is 0.0808 e. The van der Waals surface area contributed by atoms with Crippen LogP contribution in [0.4, 0.5) is 0 Å². The van der Waals surface area contributed by atoms with Gasteiger partial charge < -0.3 is 0 Å². The average Bonchev–Trinajstić information content (AvgIpc) is 2.44. The average molecular weight is 198 g/mol. The molecule has 0 heteroatoms. The topological polar surface area (TPSA) is 0 Å². The van der Waals surface area contributed by atoms with E-state index in [0.717, 1.165) is 5.92 Å². The first kappa shape index (κ1) is 10.2. The van der Waals surface area contributed by atoms with E-state index >= 15 is 0 Å². The molecule has 0 spiro atoms. The molecule has 0 N–H and O–H groups in total. The molecule has 0 amide bonds. The van der Waals surface area contributed by atoms with Crippen LogP contribution in [0.25, 0.3) is 5.57 Å². The summed E-state index contributed by atoms with van der Waals surface area (Å²) in [7, 11) is 0. The first-order valence-corrected chi connectivity index (χ1v) is 5.71. The third-order valence-electron chi connectivity index (χ3n) is 3.29. The van der Waals surface area contributed by atoms with Gasteiger partial charge in [0.05, 0.1) is 0 Å². The van der Waals surface area contributed by atoms with Crippen LogP contribution in [0.1, 0.15) is 25.8 Å². The van der Waals surface area contributed by atoms with E-state index in [2.05, 4.69) is 62.4 Å². The number of allylic oxidation sites excluding steroid dienone is 4. The first-order chi connectivity index (χ1) is 7.27. The number of benzene rings is 1. The van der Waals surface area contributed by atoms with E-state index in [1.165, 1.54) is 17.6 Å². The van der Waals surface area contributed by atoms with Crippen LogP contribution in [0.3, 0.4) is 0 Å². The van der Waals surface area contributed by atoms with Gasteiger partial charge in [-0.15, -0.1) is 0 Å². The molecule has 0 aromatic heterocycles. The van der Waals surface area contributed by atoms with E-state index in [-0.39, 0.29) is 0 Å². The molecule has 2 atom stereocenters. The molecule has 1 aliphatic carbocycles. The SMILES string of the molecule is C[C@@H]1C=CC(c2ccccc2)=CC[C@H]1C. The van der Waals surface area contributed by atoms with Gasteiger partial charge in [0.25, 0.3) is 0 Å². The predicted octanol–water partition coefficient (Wildman–Crippen LogP) is 4.30. The van der Waals surface area contributed by atoms with E-state index in [0.29, 0.717) is 5.92 Å². The molecule has 1 aromatic carbocycles. The summed E-state index contributed by atoms with van der Waals surface area (Å²) in [5.41, 5.74) is 2.70. The van der Waals surface area contributed by atoms with Gasteiger partial charge in [-0.1, -0.05) is 62.4 Å². The maximum absolute atomic E-state index is 2.36. The molecule has 0 unspecified atom stereocenters. The van der Waals surface area contributed by atoms with Crippen molar-refractivity contribution < 1.29 is 0 Å². The van der Waals surface area contributed by atoms with Crippen molar-refractivity contribution in [3.63, 3.8) is 0 Å². The van der Waals surface area contributed by atoms with Crippen LogP contribution in [0.15, 0.2) is 48.6 Å². The van der Waals surface area contributed by atoms with E-state index < -0.39 is 0 Å². The molecule has 0 heterocycles. The minimum Gasteiger partial charge on any atom is -0.0808 e. The molecule has 0 aliphatic heterocycles. The fourth-order valence-corrected chi connectivity index (χ4v) is 1.89. The highest BCUT2D eigenvalue weighted by Gasteiger charge is 2.11. The Labute approximate surface area is 92.3 Å². The zero-order valence-electron chi connectivity index (χ0n) is 9.48. The van der Waals surface area contributed by atoms with Gasteiger partial charge in [0.15, 0.2) is 0 Å². The van der Waals surface area contributed by atoms with E-state index in [4.69, 9.17) is 0 Å². The van der Waals surface area contributed by atoms with Gasteiger partial charge in [-0.25, -0.2) is 0 Å². The maximum Gasteiger partial charge on any atom is -0.0187 e. The lowest BCUT2D eigenvalue weighted by Crippen LogP contribution is -2.01. The smallest absolute Gasteiger partial charge is 0.0187 e. The summed E-state index contributed by atoms with van der Waals surface area (Å²) < 4.78 is 0. The van der Waals surface area contributed by atoms with Crippen LogP contribution in [-0.4, -0.2) is 0 Å². The summed E-state index contributed by atoms with van der Waals surface area (Å²) in [5.74, 6) is 1.44. The second-order valence-electron chi connectivity index (χ2n) is 4.46. The van der Waals surface area contributed by atoms with Crippen molar-refractivity contribution in [1.82, 2.24) is 0 Å². The summed E-state index contributed by atoms with van der Waals surface area (Å²) in [6.45, 7) is 4.61. The van der Waals surface area contributed by atoms with Crippen LogP contribution in [0.5, 0.6) is 0 Å². The van der Waals surface area contributed by atoms with E-state index in [1.54, 1.807) is 0 Å². The van der Waals surface area contributed by atoms with Crippen molar-refractivity contribution in [2.24, 2.45) is 11.8 Å². The van der Waals surface area contributed by atoms with Gasteiger partial charge in [-0.05, 0) is 29.4 Å². The molecular formula is C15H18. The van der Waals surface area contributed by atoms with Gasteiger partial charge in [0.1, 0.15) is 0 Å². The van der Waals surface area contributed by atoms with Gasteiger partial charge in [0.2, 0.25) is 0 Å². The van der Waals surface area contributed by atoms with Crippen molar-refractivity contribution in [2.75, 3.05) is 0 Å². The van der Waals surface area contributed by atoms with E-state index in [9.17, 15) is 0 Å². The molecule has 1 aromatic rings. The normalized spacial score (nSPS) is 25.9. The van der Waals surface area contributed by atoms with Crippen molar-refractivity contribution in [2.45, 2.75) is 20.3 Å². The zero-order chi connectivity index (χ0) is 10.7. The zero-order valence-corrected chi connectivity index (χ0v) is 9.48. The van der Waals surface area contributed by atoms with E-state index in [1.807, 2.05) is 0 Å². The molecule has 0 saturated heterocycles. The Morgan fingerprint density at radius 1 is 1.07 bits per heavy atom. The van der Waals surface area contributed by atoms with Crippen LogP contribution >= 0.6 is 0 Å². The van der Waals surface area contributed by atoms with Crippen molar-refractivity contribution >= 4 is 5.57 Å². The van der Waals surface area contributed by atoms with Crippen LogP contribution in [0.2, 0.25) is 0 Å². The maximum atomic E-state index is 2.36. The van der Waals surface area contributed by atoms with Crippen LogP contribution in [0, 0.1) is 11.8 Å². The van der Waals surface area contributed by atoms with Crippen LogP contribution < -0.4 is 0 Å². The molecule has 0 saturated carbocycles. The Balaban J connectivity index is 2.27. The Hall–Kier alpha value is -1.30. The number of hydrogen-bond donors (Lipinski definition) is 0. The molecule has 0 radical (unpaired) electrons. The molecule has 0 bridgehead atoms. The molecule has 15 heavy (non-hydrogen) atoms. The first-order valence-electron chi connectivity index (χ1n) is 5.71. The summed E-state index contributed by atoms with van der Waals surface area (Å²) in [6, 6.07) is 10.6. The summed E-state index contributed by atoms with van der Waals surface area (Å²) in [6.07, 6.45) is 8.14. The molecule has 2 rings (SSSR count). The lowest BCUT2D eigenvalue weighted by Gasteiger charge is -2.11. The highest BCUT2D eigenvalue weighted by Crippen LogP contribution is 2.26. The summed E-state index contributed by atoms with van der Waals surface area (Å²) in [4.78, 5) is 0. The highest BCUT2D eigenvalue weighted by atomic mass is 14.2. The third kappa shape index (κ3) is 2.38. The van der Waals surface area contributed by atoms with Crippen molar-refractivity contribution in [1.29, 1.82) is 0 Å². The highest BCUT2D eigenvalue weighted by molar-refractivity contribution is 5.74. The van der Waals surface area contributed by atoms with Crippen molar-refractivity contribution in [3.05, 3.63) is 54.1 Å². The monoisotopic (exact) mass is 198 g/mol. The van der Waals surface area contributed by atoms with Crippen LogP contribution in [-0.2, 0) is 0 Å². The Morgan fingerprint density at radius 3 is 2.53 bits per heavy atom. The lowest BCUT2D eigenvalue weighted by atomic mass is 9.94. The minimum atomic E-state index is 0.683. The molecule has 78 valence electrons. The molecule has 1 aliphatic rings. The third-order valence-corrected chi connectivity index (χ3v) is 3.29.